The molecule has 0 bridgehead atoms. The van der Waals surface area contributed by atoms with Gasteiger partial charge in [-0.15, -0.1) is 0 Å². The number of aromatic nitrogens is 1. The highest BCUT2D eigenvalue weighted by atomic mass is 35.5. The van der Waals surface area contributed by atoms with Crippen molar-refractivity contribution < 1.29 is 14.3 Å². The molecular weight excluding hydrogens is 380 g/mol. The van der Waals surface area contributed by atoms with E-state index in [2.05, 4.69) is 9.88 Å². The molecule has 2 fully saturated rings. The number of anilines is 1. The molecule has 0 saturated carbocycles. The lowest BCUT2D eigenvalue weighted by atomic mass is 10.0. The predicted octanol–water partition coefficient (Wildman–Crippen LogP) is 3.17. The summed E-state index contributed by atoms with van der Waals surface area (Å²) in [6.45, 7) is 8.74. The standard InChI is InChI=1S/C20H29ClN4O3/c1-20(2,3)28-19(27)25-9-5-4-6-16(25)18(26)24-12-10-23(11-13-24)17-8-7-15(21)14-22-17/h7-8,14,16H,4-6,9-13H2,1-3H3. The van der Waals surface area contributed by atoms with E-state index in [0.29, 0.717) is 44.2 Å². The van der Waals surface area contributed by atoms with Crippen molar-refractivity contribution in [2.75, 3.05) is 37.6 Å². The first-order chi connectivity index (χ1) is 13.2. The molecule has 1 unspecified atom stereocenters. The number of hydrogen-bond acceptors (Lipinski definition) is 5. The number of pyridine rings is 1. The molecule has 2 aliphatic heterocycles. The molecule has 1 aromatic rings. The van der Waals surface area contributed by atoms with E-state index in [0.717, 1.165) is 18.7 Å². The van der Waals surface area contributed by atoms with E-state index >= 15 is 0 Å². The predicted molar refractivity (Wildman–Crippen MR) is 109 cm³/mol. The molecule has 0 aromatic carbocycles. The lowest BCUT2D eigenvalue weighted by Crippen LogP contribution is -2.57. The minimum Gasteiger partial charge on any atom is -0.444 e. The first kappa shape index (κ1) is 20.7. The molecule has 7 nitrogen and oxygen atoms in total. The molecule has 28 heavy (non-hydrogen) atoms. The number of nitrogens with zero attached hydrogens (tertiary/aromatic N) is 4. The van der Waals surface area contributed by atoms with Crippen LogP contribution in [0, 0.1) is 0 Å². The van der Waals surface area contributed by atoms with Crippen LogP contribution in [0.3, 0.4) is 0 Å². The Bertz CT molecular complexity index is 696. The zero-order chi connectivity index (χ0) is 20.3. The minimum absolute atomic E-state index is 0.0225. The molecule has 3 heterocycles. The summed E-state index contributed by atoms with van der Waals surface area (Å²) in [4.78, 5) is 35.7. The van der Waals surface area contributed by atoms with Crippen LogP contribution in [0.15, 0.2) is 18.3 Å². The Hall–Kier alpha value is -2.02. The van der Waals surface area contributed by atoms with Crippen LogP contribution in [-0.4, -0.2) is 71.2 Å². The third kappa shape index (κ3) is 5.07. The van der Waals surface area contributed by atoms with Gasteiger partial charge in [0, 0.05) is 38.9 Å². The molecule has 0 spiro atoms. The Balaban J connectivity index is 1.61. The largest absolute Gasteiger partial charge is 0.444 e. The van der Waals surface area contributed by atoms with Gasteiger partial charge in [-0.05, 0) is 52.2 Å². The van der Waals surface area contributed by atoms with E-state index < -0.39 is 17.7 Å². The van der Waals surface area contributed by atoms with Gasteiger partial charge in [0.05, 0.1) is 5.02 Å². The molecule has 0 aliphatic carbocycles. The van der Waals surface area contributed by atoms with Crippen molar-refractivity contribution in [2.45, 2.75) is 51.7 Å². The Morgan fingerprint density at radius 2 is 1.82 bits per heavy atom. The van der Waals surface area contributed by atoms with Crippen LogP contribution >= 0.6 is 11.6 Å². The summed E-state index contributed by atoms with van der Waals surface area (Å²) in [5.74, 6) is 0.888. The third-order valence-electron chi connectivity index (χ3n) is 5.04. The molecule has 1 aromatic heterocycles. The van der Waals surface area contributed by atoms with Crippen LogP contribution in [0.25, 0.3) is 0 Å². The van der Waals surface area contributed by atoms with E-state index in [4.69, 9.17) is 16.3 Å². The van der Waals surface area contributed by atoms with Crippen LogP contribution in [0.4, 0.5) is 10.6 Å². The highest BCUT2D eigenvalue weighted by Gasteiger charge is 2.37. The zero-order valence-corrected chi connectivity index (χ0v) is 17.6. The Labute approximate surface area is 171 Å². The van der Waals surface area contributed by atoms with Gasteiger partial charge in [-0.25, -0.2) is 9.78 Å². The second-order valence-corrected chi connectivity index (χ2v) is 8.77. The van der Waals surface area contributed by atoms with Crippen molar-refractivity contribution in [1.29, 1.82) is 0 Å². The quantitative estimate of drug-likeness (QED) is 0.751. The van der Waals surface area contributed by atoms with E-state index in [-0.39, 0.29) is 5.91 Å². The fourth-order valence-electron chi connectivity index (χ4n) is 3.65. The van der Waals surface area contributed by atoms with Gasteiger partial charge in [-0.1, -0.05) is 11.6 Å². The van der Waals surface area contributed by atoms with Crippen LogP contribution in [0.1, 0.15) is 40.0 Å². The van der Waals surface area contributed by atoms with Crippen molar-refractivity contribution in [1.82, 2.24) is 14.8 Å². The topological polar surface area (TPSA) is 66.0 Å². The average Bonchev–Trinajstić information content (AvgIpc) is 2.67. The van der Waals surface area contributed by atoms with Gasteiger partial charge in [0.2, 0.25) is 5.91 Å². The number of piperazine rings is 1. The van der Waals surface area contributed by atoms with Crippen molar-refractivity contribution in [3.05, 3.63) is 23.4 Å². The first-order valence-electron chi connectivity index (χ1n) is 9.89. The fourth-order valence-corrected chi connectivity index (χ4v) is 3.76. The van der Waals surface area contributed by atoms with Gasteiger partial charge in [-0.2, -0.15) is 0 Å². The molecule has 2 aliphatic rings. The fraction of sp³-hybridized carbons (Fsp3) is 0.650. The summed E-state index contributed by atoms with van der Waals surface area (Å²) >= 11 is 5.90. The second-order valence-electron chi connectivity index (χ2n) is 8.33. The molecule has 154 valence electrons. The summed E-state index contributed by atoms with van der Waals surface area (Å²) in [7, 11) is 0. The Kier molecular flexibility index (Phi) is 6.33. The molecule has 3 rings (SSSR count). The highest BCUT2D eigenvalue weighted by Crippen LogP contribution is 2.23. The monoisotopic (exact) mass is 408 g/mol. The maximum absolute atomic E-state index is 13.1. The van der Waals surface area contributed by atoms with Crippen LogP contribution < -0.4 is 4.90 Å². The Morgan fingerprint density at radius 1 is 1.11 bits per heavy atom. The van der Waals surface area contributed by atoms with E-state index in [1.807, 2.05) is 37.8 Å². The number of carbonyl (C=O) groups is 2. The van der Waals surface area contributed by atoms with Crippen molar-refractivity contribution in [3.63, 3.8) is 0 Å². The van der Waals surface area contributed by atoms with Gasteiger partial charge in [-0.3, -0.25) is 9.69 Å². The van der Waals surface area contributed by atoms with Crippen LogP contribution in [0.5, 0.6) is 0 Å². The summed E-state index contributed by atoms with van der Waals surface area (Å²) < 4.78 is 5.52. The number of rotatable bonds is 2. The maximum atomic E-state index is 13.1. The lowest BCUT2D eigenvalue weighted by Gasteiger charge is -2.41. The first-order valence-corrected chi connectivity index (χ1v) is 10.3. The second kappa shape index (κ2) is 8.55. The molecule has 0 radical (unpaired) electrons. The molecule has 2 saturated heterocycles. The molecule has 8 heteroatoms. The van der Waals surface area contributed by atoms with Gasteiger partial charge in [0.1, 0.15) is 17.5 Å². The number of piperidine rings is 1. The number of hydrogen-bond donors (Lipinski definition) is 0. The normalized spacial score (nSPS) is 20.9. The third-order valence-corrected chi connectivity index (χ3v) is 5.27. The molecule has 0 N–H and O–H groups in total. The van der Waals surface area contributed by atoms with Crippen molar-refractivity contribution in [2.24, 2.45) is 0 Å². The van der Waals surface area contributed by atoms with Crippen LogP contribution in [0.2, 0.25) is 5.02 Å². The summed E-state index contributed by atoms with van der Waals surface area (Å²) in [5, 5.41) is 0.608. The number of likely N-dealkylation sites (tertiary alicyclic amines) is 1. The molecule has 2 amide bonds. The van der Waals surface area contributed by atoms with Crippen LogP contribution in [-0.2, 0) is 9.53 Å². The number of carbonyl (C=O) groups excluding carboxylic acids is 2. The lowest BCUT2D eigenvalue weighted by molar-refractivity contribution is -0.138. The van der Waals surface area contributed by atoms with Gasteiger partial charge in [0.15, 0.2) is 0 Å². The summed E-state index contributed by atoms with van der Waals surface area (Å²) in [6, 6.07) is 3.29. The summed E-state index contributed by atoms with van der Waals surface area (Å²) in [5.41, 5.74) is -0.570. The smallest absolute Gasteiger partial charge is 0.410 e. The Morgan fingerprint density at radius 3 is 2.43 bits per heavy atom. The van der Waals surface area contributed by atoms with Crippen molar-refractivity contribution in [3.8, 4) is 0 Å². The SMILES string of the molecule is CC(C)(C)OC(=O)N1CCCCC1C(=O)N1CCN(c2ccc(Cl)cn2)CC1. The van der Waals surface area contributed by atoms with Gasteiger partial charge >= 0.3 is 6.09 Å². The number of amides is 2. The average molecular weight is 409 g/mol. The summed E-state index contributed by atoms with van der Waals surface area (Å²) in [6.07, 6.45) is 3.78. The number of ether oxygens (including phenoxy) is 1. The van der Waals surface area contributed by atoms with E-state index in [9.17, 15) is 9.59 Å². The minimum atomic E-state index is -0.570. The highest BCUT2D eigenvalue weighted by molar-refractivity contribution is 6.30. The van der Waals surface area contributed by atoms with Gasteiger partial charge in [0.25, 0.3) is 0 Å². The van der Waals surface area contributed by atoms with Crippen molar-refractivity contribution >= 4 is 29.4 Å². The van der Waals surface area contributed by atoms with E-state index in [1.54, 1.807) is 11.1 Å². The maximum Gasteiger partial charge on any atom is 0.410 e. The van der Waals surface area contributed by atoms with Gasteiger partial charge < -0.3 is 14.5 Å². The van der Waals surface area contributed by atoms with E-state index in [1.165, 1.54) is 0 Å². The zero-order valence-electron chi connectivity index (χ0n) is 16.9. The molecular formula is C20H29ClN4O3. The molecule has 1 atom stereocenters. The number of halogens is 1.